The van der Waals surface area contributed by atoms with Gasteiger partial charge in [-0.25, -0.2) is 9.64 Å². The highest BCUT2D eigenvalue weighted by Crippen LogP contribution is 2.49. The Morgan fingerprint density at radius 3 is 2.74 bits per heavy atom. The number of nitrogens with zero attached hydrogens (tertiary/aromatic N) is 1. The number of amides is 1. The van der Waals surface area contributed by atoms with E-state index in [1.165, 1.54) is 5.56 Å². The Hall–Kier alpha value is -2.48. The maximum absolute atomic E-state index is 12.1. The maximum atomic E-state index is 12.1. The van der Waals surface area contributed by atoms with Crippen LogP contribution in [-0.4, -0.2) is 24.3 Å². The molecule has 5 nitrogen and oxygen atoms in total. The summed E-state index contributed by atoms with van der Waals surface area (Å²) in [4.78, 5) is 15.7. The van der Waals surface area contributed by atoms with Crippen molar-refractivity contribution in [2.24, 2.45) is 11.3 Å². The second kappa shape index (κ2) is 6.92. The molecule has 0 bridgehead atoms. The van der Waals surface area contributed by atoms with E-state index in [-0.39, 0.29) is 17.6 Å². The van der Waals surface area contributed by atoms with Gasteiger partial charge in [0, 0.05) is 29.6 Å². The first-order valence-corrected chi connectivity index (χ1v) is 9.52. The van der Waals surface area contributed by atoms with Crippen molar-refractivity contribution in [3.05, 3.63) is 47.3 Å². The van der Waals surface area contributed by atoms with E-state index >= 15 is 0 Å². The van der Waals surface area contributed by atoms with Crippen LogP contribution in [0.25, 0.3) is 4.85 Å². The van der Waals surface area contributed by atoms with Gasteiger partial charge in [-0.1, -0.05) is 38.1 Å². The molecule has 0 saturated heterocycles. The Morgan fingerprint density at radius 1 is 1.33 bits per heavy atom. The third kappa shape index (κ3) is 4.10. The summed E-state index contributed by atoms with van der Waals surface area (Å²) in [6.45, 7) is 17.8. The molecule has 1 aliphatic carbocycles. The third-order valence-electron chi connectivity index (χ3n) is 5.40. The Morgan fingerprint density at radius 2 is 2.07 bits per heavy atom. The second-order valence-electron chi connectivity index (χ2n) is 9.20. The zero-order valence-corrected chi connectivity index (χ0v) is 16.8. The monoisotopic (exact) mass is 367 g/mol. The van der Waals surface area contributed by atoms with Gasteiger partial charge in [0.1, 0.15) is 5.60 Å². The summed E-state index contributed by atoms with van der Waals surface area (Å²) in [6.07, 6.45) is 5.12. The van der Waals surface area contributed by atoms with Gasteiger partial charge >= 0.3 is 6.09 Å². The molecule has 0 saturated carbocycles. The molecule has 0 fully saturated rings. The normalized spacial score (nSPS) is 23.6. The number of ether oxygens (including phenoxy) is 1. The van der Waals surface area contributed by atoms with Crippen LogP contribution in [0.1, 0.15) is 52.5 Å². The highest BCUT2D eigenvalue weighted by atomic mass is 16.6. The molecule has 1 aromatic rings. The summed E-state index contributed by atoms with van der Waals surface area (Å²) in [5.41, 5.74) is 2.30. The van der Waals surface area contributed by atoms with E-state index in [4.69, 9.17) is 11.3 Å². The van der Waals surface area contributed by atoms with Gasteiger partial charge in [-0.05, 0) is 44.7 Å². The minimum absolute atomic E-state index is 0.165. The first kappa shape index (κ1) is 19.3. The standard InChI is InChI=1S/C22H29N3O2/c1-21(2,3)27-20(26)24-13-22(4,5)19-16-9-7-8-15(16)17-12-14(23-6)10-11-18(17)25-19/h7-8,10-12,15-16,19,25H,9,13H2,1-5H3,(H,24,26). The number of hydrogen-bond donors (Lipinski definition) is 2. The molecule has 1 heterocycles. The number of hydrogen-bond acceptors (Lipinski definition) is 3. The van der Waals surface area contributed by atoms with Crippen molar-refractivity contribution in [3.8, 4) is 0 Å². The number of benzene rings is 1. The molecular formula is C22H29N3O2. The van der Waals surface area contributed by atoms with Crippen LogP contribution < -0.4 is 10.6 Å². The van der Waals surface area contributed by atoms with E-state index in [1.54, 1.807) is 0 Å². The maximum Gasteiger partial charge on any atom is 0.407 e. The quantitative estimate of drug-likeness (QED) is 0.567. The predicted molar refractivity (Wildman–Crippen MR) is 108 cm³/mol. The lowest BCUT2D eigenvalue weighted by atomic mass is 9.69. The number of fused-ring (bicyclic) bond motifs is 3. The SMILES string of the molecule is [C-]#[N+]c1ccc2c(c1)C1C=CCC1C(C(C)(C)CNC(=O)OC(C)(C)C)N2. The summed E-state index contributed by atoms with van der Waals surface area (Å²) in [7, 11) is 0. The minimum atomic E-state index is -0.503. The highest BCUT2D eigenvalue weighted by molar-refractivity contribution is 5.68. The average Bonchev–Trinajstić information content (AvgIpc) is 3.07. The van der Waals surface area contributed by atoms with Crippen molar-refractivity contribution in [2.75, 3.05) is 11.9 Å². The molecule has 144 valence electrons. The molecule has 0 spiro atoms. The Bertz CT molecular complexity index is 799. The summed E-state index contributed by atoms with van der Waals surface area (Å²) in [6, 6.07) is 6.08. The molecule has 1 amide bonds. The number of rotatable bonds is 3. The Labute approximate surface area is 162 Å². The van der Waals surface area contributed by atoms with E-state index < -0.39 is 5.60 Å². The molecule has 5 heteroatoms. The van der Waals surface area contributed by atoms with E-state index in [9.17, 15) is 4.79 Å². The van der Waals surface area contributed by atoms with E-state index in [0.29, 0.717) is 24.1 Å². The van der Waals surface area contributed by atoms with Crippen LogP contribution in [0.5, 0.6) is 0 Å². The number of alkyl carbamates (subject to hydrolysis) is 1. The van der Waals surface area contributed by atoms with Gasteiger partial charge in [-0.2, -0.15) is 0 Å². The molecular weight excluding hydrogens is 338 g/mol. The van der Waals surface area contributed by atoms with Gasteiger partial charge in [0.05, 0.1) is 6.57 Å². The fourth-order valence-electron chi connectivity index (χ4n) is 4.15. The first-order chi connectivity index (χ1) is 12.6. The lowest BCUT2D eigenvalue weighted by molar-refractivity contribution is 0.0495. The number of carbonyl (C=O) groups is 1. The second-order valence-corrected chi connectivity index (χ2v) is 9.20. The fourth-order valence-corrected chi connectivity index (χ4v) is 4.15. The van der Waals surface area contributed by atoms with Crippen molar-refractivity contribution in [1.82, 2.24) is 5.32 Å². The van der Waals surface area contributed by atoms with Crippen LogP contribution in [0.3, 0.4) is 0 Å². The number of allylic oxidation sites excluding steroid dienone is 2. The van der Waals surface area contributed by atoms with Gasteiger partial charge in [0.15, 0.2) is 5.69 Å². The molecule has 0 radical (unpaired) electrons. The van der Waals surface area contributed by atoms with E-state index in [0.717, 1.165) is 12.1 Å². The van der Waals surface area contributed by atoms with Gasteiger partial charge in [0.25, 0.3) is 0 Å². The molecule has 2 N–H and O–H groups in total. The van der Waals surface area contributed by atoms with E-state index in [2.05, 4.69) is 41.5 Å². The molecule has 27 heavy (non-hydrogen) atoms. The van der Waals surface area contributed by atoms with Gasteiger partial charge in [0.2, 0.25) is 0 Å². The molecule has 2 aliphatic rings. The zero-order chi connectivity index (χ0) is 19.8. The van der Waals surface area contributed by atoms with Crippen molar-refractivity contribution in [3.63, 3.8) is 0 Å². The van der Waals surface area contributed by atoms with Crippen LogP contribution in [0.2, 0.25) is 0 Å². The van der Waals surface area contributed by atoms with Crippen molar-refractivity contribution in [2.45, 2.75) is 58.6 Å². The van der Waals surface area contributed by atoms with Crippen molar-refractivity contribution in [1.29, 1.82) is 0 Å². The number of carbonyl (C=O) groups excluding carboxylic acids is 1. The summed E-state index contributed by atoms with van der Waals surface area (Å²) in [5, 5.41) is 6.63. The average molecular weight is 367 g/mol. The van der Waals surface area contributed by atoms with Crippen LogP contribution in [0, 0.1) is 17.9 Å². The lowest BCUT2D eigenvalue weighted by Crippen LogP contribution is -2.51. The number of anilines is 1. The highest BCUT2D eigenvalue weighted by Gasteiger charge is 2.44. The lowest BCUT2D eigenvalue weighted by Gasteiger charge is -2.45. The molecule has 1 aliphatic heterocycles. The van der Waals surface area contributed by atoms with Crippen LogP contribution >= 0.6 is 0 Å². The molecule has 3 rings (SSSR count). The largest absolute Gasteiger partial charge is 0.444 e. The minimum Gasteiger partial charge on any atom is -0.444 e. The zero-order valence-electron chi connectivity index (χ0n) is 16.8. The van der Waals surface area contributed by atoms with Gasteiger partial charge < -0.3 is 15.4 Å². The Kier molecular flexibility index (Phi) is 4.94. The molecule has 0 aromatic heterocycles. The summed E-state index contributed by atoms with van der Waals surface area (Å²) in [5.74, 6) is 0.725. The van der Waals surface area contributed by atoms with Crippen LogP contribution in [-0.2, 0) is 4.74 Å². The van der Waals surface area contributed by atoms with Crippen molar-refractivity contribution < 1.29 is 9.53 Å². The van der Waals surface area contributed by atoms with Gasteiger partial charge in [-0.15, -0.1) is 0 Å². The van der Waals surface area contributed by atoms with Crippen LogP contribution in [0.15, 0.2) is 30.4 Å². The number of nitrogens with one attached hydrogen (secondary N) is 2. The predicted octanol–water partition coefficient (Wildman–Crippen LogP) is 5.24. The summed E-state index contributed by atoms with van der Waals surface area (Å²) >= 11 is 0. The van der Waals surface area contributed by atoms with Crippen LogP contribution in [0.4, 0.5) is 16.2 Å². The van der Waals surface area contributed by atoms with E-state index in [1.807, 2.05) is 39.0 Å². The Balaban J connectivity index is 1.78. The molecule has 3 unspecified atom stereocenters. The smallest absolute Gasteiger partial charge is 0.407 e. The summed E-state index contributed by atoms with van der Waals surface area (Å²) < 4.78 is 5.38. The van der Waals surface area contributed by atoms with Crippen molar-refractivity contribution >= 4 is 17.5 Å². The van der Waals surface area contributed by atoms with Gasteiger partial charge in [-0.3, -0.25) is 0 Å². The molecule has 1 aromatic carbocycles. The molecule has 3 atom stereocenters. The third-order valence-corrected chi connectivity index (χ3v) is 5.40. The topological polar surface area (TPSA) is 54.7 Å². The fraction of sp³-hybridized carbons (Fsp3) is 0.545. The first-order valence-electron chi connectivity index (χ1n) is 9.52.